The van der Waals surface area contributed by atoms with Crippen LogP contribution in [0.3, 0.4) is 0 Å². The van der Waals surface area contributed by atoms with Crippen LogP contribution in [0.15, 0.2) is 35.7 Å². The molecule has 134 valence electrons. The van der Waals surface area contributed by atoms with Crippen LogP contribution in [0, 0.1) is 6.92 Å². The summed E-state index contributed by atoms with van der Waals surface area (Å²) >= 11 is 1.68. The van der Waals surface area contributed by atoms with E-state index >= 15 is 0 Å². The van der Waals surface area contributed by atoms with Gasteiger partial charge in [0.1, 0.15) is 5.82 Å². The van der Waals surface area contributed by atoms with Gasteiger partial charge >= 0.3 is 6.18 Å². The molecular formula is C17H14F3N5S. The summed E-state index contributed by atoms with van der Waals surface area (Å²) in [6, 6.07) is 9.80. The predicted molar refractivity (Wildman–Crippen MR) is 94.5 cm³/mol. The molecule has 0 fully saturated rings. The summed E-state index contributed by atoms with van der Waals surface area (Å²) in [4.78, 5) is 7.50. The third kappa shape index (κ3) is 3.10. The van der Waals surface area contributed by atoms with Gasteiger partial charge in [0.15, 0.2) is 0 Å². The fourth-order valence-corrected chi connectivity index (χ4v) is 3.78. The number of rotatable bonds is 4. The lowest BCUT2D eigenvalue weighted by atomic mass is 10.1. The molecule has 0 amide bonds. The molecule has 0 unspecified atom stereocenters. The van der Waals surface area contributed by atoms with Crippen molar-refractivity contribution in [1.82, 2.24) is 19.6 Å². The van der Waals surface area contributed by atoms with Crippen LogP contribution in [0.25, 0.3) is 15.9 Å². The number of benzene rings is 1. The van der Waals surface area contributed by atoms with Crippen LogP contribution in [-0.4, -0.2) is 26.1 Å². The van der Waals surface area contributed by atoms with Crippen molar-refractivity contribution in [2.45, 2.75) is 19.5 Å². The number of halogens is 3. The van der Waals surface area contributed by atoms with Gasteiger partial charge in [-0.3, -0.25) is 0 Å². The molecular weight excluding hydrogens is 363 g/mol. The number of aromatic nitrogens is 4. The molecule has 0 aliphatic rings. The Labute approximate surface area is 150 Å². The summed E-state index contributed by atoms with van der Waals surface area (Å²) in [5, 5.41) is 10.0. The van der Waals surface area contributed by atoms with E-state index in [0.29, 0.717) is 18.1 Å². The van der Waals surface area contributed by atoms with Gasteiger partial charge < -0.3 is 5.32 Å². The monoisotopic (exact) mass is 377 g/mol. The number of hydrogen-bond donors (Lipinski definition) is 1. The van der Waals surface area contributed by atoms with Crippen LogP contribution >= 0.6 is 11.3 Å². The molecule has 0 aliphatic heterocycles. The van der Waals surface area contributed by atoms with Crippen molar-refractivity contribution in [2.75, 3.05) is 11.9 Å². The molecule has 3 heterocycles. The molecule has 5 nitrogen and oxygen atoms in total. The summed E-state index contributed by atoms with van der Waals surface area (Å²) < 4.78 is 40.9. The Bertz CT molecular complexity index is 1080. The molecule has 4 rings (SSSR count). The maximum absolute atomic E-state index is 12.9. The second-order valence-corrected chi connectivity index (χ2v) is 6.77. The number of anilines is 1. The van der Waals surface area contributed by atoms with E-state index in [1.165, 1.54) is 15.6 Å². The molecule has 4 aromatic rings. The molecule has 26 heavy (non-hydrogen) atoms. The van der Waals surface area contributed by atoms with E-state index in [1.54, 1.807) is 24.3 Å². The lowest BCUT2D eigenvalue weighted by Crippen LogP contribution is -2.11. The van der Waals surface area contributed by atoms with Crippen molar-refractivity contribution in [3.8, 4) is 0 Å². The Kier molecular flexibility index (Phi) is 4.03. The summed E-state index contributed by atoms with van der Waals surface area (Å²) in [6.07, 6.45) is -3.86. The minimum atomic E-state index is -4.60. The molecule has 0 bridgehead atoms. The highest BCUT2D eigenvalue weighted by molar-refractivity contribution is 7.17. The minimum absolute atomic E-state index is 0.0687. The van der Waals surface area contributed by atoms with Crippen molar-refractivity contribution in [3.05, 3.63) is 52.8 Å². The minimum Gasteiger partial charge on any atom is -0.370 e. The van der Waals surface area contributed by atoms with Crippen molar-refractivity contribution >= 4 is 33.0 Å². The highest BCUT2D eigenvalue weighted by atomic mass is 32.1. The van der Waals surface area contributed by atoms with Crippen molar-refractivity contribution < 1.29 is 13.2 Å². The zero-order valence-electron chi connectivity index (χ0n) is 13.7. The Balaban J connectivity index is 1.58. The first-order valence-electron chi connectivity index (χ1n) is 7.92. The lowest BCUT2D eigenvalue weighted by molar-refractivity contribution is -0.144. The second-order valence-electron chi connectivity index (χ2n) is 5.86. The Hall–Kier alpha value is -2.68. The second kappa shape index (κ2) is 6.24. The standard InChI is InChI=1S/C17H14F3N5S/c1-10-8-14(25-16(22-10)23-15(24-25)17(18,19)20)21-7-6-11-9-26-13-5-3-2-4-12(11)13/h2-5,8-9,21H,6-7H2,1H3. The van der Waals surface area contributed by atoms with Crippen LogP contribution in [0.5, 0.6) is 0 Å². The first-order valence-corrected chi connectivity index (χ1v) is 8.80. The van der Waals surface area contributed by atoms with E-state index in [4.69, 9.17) is 0 Å². The lowest BCUT2D eigenvalue weighted by Gasteiger charge is -2.08. The van der Waals surface area contributed by atoms with Gasteiger partial charge in [0.2, 0.25) is 0 Å². The van der Waals surface area contributed by atoms with Gasteiger partial charge in [-0.2, -0.15) is 22.7 Å². The maximum atomic E-state index is 12.9. The van der Waals surface area contributed by atoms with E-state index in [9.17, 15) is 13.2 Å². The molecule has 0 atom stereocenters. The van der Waals surface area contributed by atoms with E-state index in [0.717, 1.165) is 10.9 Å². The number of aryl methyl sites for hydroxylation is 1. The number of nitrogens with zero attached hydrogens (tertiary/aromatic N) is 4. The molecule has 9 heteroatoms. The largest absolute Gasteiger partial charge is 0.453 e. The Morgan fingerprint density at radius 2 is 2.00 bits per heavy atom. The first kappa shape index (κ1) is 16.8. The summed E-state index contributed by atoms with van der Waals surface area (Å²) in [5.74, 6) is -0.821. The van der Waals surface area contributed by atoms with Gasteiger partial charge in [0.05, 0.1) is 0 Å². The molecule has 3 aromatic heterocycles. The normalized spacial score (nSPS) is 12.2. The molecule has 0 spiro atoms. The number of nitrogens with one attached hydrogen (secondary N) is 1. The van der Waals surface area contributed by atoms with Gasteiger partial charge in [-0.25, -0.2) is 4.98 Å². The number of thiophene rings is 1. The molecule has 0 radical (unpaired) electrons. The van der Waals surface area contributed by atoms with E-state index < -0.39 is 12.0 Å². The summed E-state index contributed by atoms with van der Waals surface area (Å²) in [6.45, 7) is 2.26. The van der Waals surface area contributed by atoms with Crippen molar-refractivity contribution in [3.63, 3.8) is 0 Å². The van der Waals surface area contributed by atoms with Gasteiger partial charge in [-0.05, 0) is 35.7 Å². The quantitative estimate of drug-likeness (QED) is 0.575. The smallest absolute Gasteiger partial charge is 0.370 e. The fourth-order valence-electron chi connectivity index (χ4n) is 2.78. The summed E-state index contributed by atoms with van der Waals surface area (Å²) in [7, 11) is 0. The molecule has 1 aromatic carbocycles. The van der Waals surface area contributed by atoms with Gasteiger partial charge in [-0.15, -0.1) is 16.4 Å². The van der Waals surface area contributed by atoms with E-state index in [-0.39, 0.29) is 5.78 Å². The van der Waals surface area contributed by atoms with E-state index in [1.807, 2.05) is 12.1 Å². The zero-order chi connectivity index (χ0) is 18.3. The van der Waals surface area contributed by atoms with Crippen LogP contribution in [-0.2, 0) is 12.6 Å². The predicted octanol–water partition coefficient (Wildman–Crippen LogP) is 4.32. The SMILES string of the molecule is Cc1cc(NCCc2csc3ccccc23)n2nc(C(F)(F)F)nc2n1. The third-order valence-electron chi connectivity index (χ3n) is 3.96. The highest BCUT2D eigenvalue weighted by Crippen LogP contribution is 2.28. The van der Waals surface area contributed by atoms with Gasteiger partial charge in [0, 0.05) is 23.0 Å². The number of hydrogen-bond acceptors (Lipinski definition) is 5. The average molecular weight is 377 g/mol. The number of alkyl halides is 3. The van der Waals surface area contributed by atoms with Crippen LogP contribution in [0.4, 0.5) is 19.0 Å². The topological polar surface area (TPSA) is 55.1 Å². The fraction of sp³-hybridized carbons (Fsp3) is 0.235. The van der Waals surface area contributed by atoms with Crippen molar-refractivity contribution in [2.24, 2.45) is 0 Å². The van der Waals surface area contributed by atoms with Crippen LogP contribution in [0.1, 0.15) is 17.1 Å². The molecule has 0 saturated heterocycles. The first-order chi connectivity index (χ1) is 12.4. The molecule has 0 saturated carbocycles. The number of fused-ring (bicyclic) bond motifs is 2. The highest BCUT2D eigenvalue weighted by Gasteiger charge is 2.36. The molecule has 1 N–H and O–H groups in total. The van der Waals surface area contributed by atoms with Crippen molar-refractivity contribution in [1.29, 1.82) is 0 Å². The van der Waals surface area contributed by atoms with Crippen LogP contribution in [0.2, 0.25) is 0 Å². The third-order valence-corrected chi connectivity index (χ3v) is 4.97. The summed E-state index contributed by atoms with van der Waals surface area (Å²) in [5.41, 5.74) is 1.77. The Morgan fingerprint density at radius 3 is 2.81 bits per heavy atom. The zero-order valence-corrected chi connectivity index (χ0v) is 14.5. The maximum Gasteiger partial charge on any atom is 0.453 e. The van der Waals surface area contributed by atoms with E-state index in [2.05, 4.69) is 37.9 Å². The van der Waals surface area contributed by atoms with Crippen LogP contribution < -0.4 is 5.32 Å². The Morgan fingerprint density at radius 1 is 1.19 bits per heavy atom. The average Bonchev–Trinajstić information content (AvgIpc) is 3.19. The van der Waals surface area contributed by atoms with Gasteiger partial charge in [-0.1, -0.05) is 18.2 Å². The molecule has 0 aliphatic carbocycles. The van der Waals surface area contributed by atoms with Gasteiger partial charge in [0.25, 0.3) is 11.6 Å².